The third kappa shape index (κ3) is 3.51. The quantitative estimate of drug-likeness (QED) is 0.822. The normalized spacial score (nSPS) is 30.0. The van der Waals surface area contributed by atoms with Gasteiger partial charge >= 0.3 is 5.97 Å². The molecular formula is C15H26N2O3. The van der Waals surface area contributed by atoms with E-state index >= 15 is 0 Å². The Bertz CT molecular complexity index is 381. The van der Waals surface area contributed by atoms with Crippen molar-refractivity contribution in [2.75, 3.05) is 19.6 Å². The Kier molecular flexibility index (Phi) is 4.68. The molecular weight excluding hydrogens is 256 g/mol. The number of carbonyl (C=O) groups excluding carboxylic acids is 1. The molecule has 20 heavy (non-hydrogen) atoms. The van der Waals surface area contributed by atoms with Gasteiger partial charge in [0, 0.05) is 19.5 Å². The Morgan fingerprint density at radius 2 is 2.10 bits per heavy atom. The molecule has 0 spiro atoms. The summed E-state index contributed by atoms with van der Waals surface area (Å²) in [6.45, 7) is 6.54. The number of hydrogen-bond acceptors (Lipinski definition) is 3. The summed E-state index contributed by atoms with van der Waals surface area (Å²) >= 11 is 0. The zero-order valence-corrected chi connectivity index (χ0v) is 12.5. The monoisotopic (exact) mass is 282 g/mol. The number of aliphatic carboxylic acids is 1. The molecule has 2 atom stereocenters. The van der Waals surface area contributed by atoms with Crippen molar-refractivity contribution in [1.82, 2.24) is 10.2 Å². The minimum Gasteiger partial charge on any atom is -0.481 e. The summed E-state index contributed by atoms with van der Waals surface area (Å²) in [7, 11) is 0. The molecule has 2 rings (SSSR count). The van der Waals surface area contributed by atoms with Crippen LogP contribution in [-0.2, 0) is 9.59 Å². The second-order valence-electron chi connectivity index (χ2n) is 6.87. The summed E-state index contributed by atoms with van der Waals surface area (Å²) in [5.41, 5.74) is -0.0188. The molecule has 0 aromatic carbocycles. The van der Waals surface area contributed by atoms with Gasteiger partial charge in [-0.25, -0.2) is 0 Å². The molecule has 2 aliphatic heterocycles. The fourth-order valence-electron chi connectivity index (χ4n) is 3.49. The van der Waals surface area contributed by atoms with Crippen LogP contribution < -0.4 is 5.32 Å². The molecule has 0 saturated carbocycles. The molecule has 2 saturated heterocycles. The Morgan fingerprint density at radius 1 is 1.35 bits per heavy atom. The first-order valence-corrected chi connectivity index (χ1v) is 7.64. The molecule has 0 aliphatic carbocycles. The largest absolute Gasteiger partial charge is 0.481 e. The summed E-state index contributed by atoms with van der Waals surface area (Å²) in [6, 6.07) is -0.125. The van der Waals surface area contributed by atoms with Crippen molar-refractivity contribution in [1.29, 1.82) is 0 Å². The average molecular weight is 282 g/mol. The van der Waals surface area contributed by atoms with Gasteiger partial charge in [-0.15, -0.1) is 0 Å². The van der Waals surface area contributed by atoms with E-state index in [0.717, 1.165) is 38.8 Å². The molecule has 1 amide bonds. The maximum atomic E-state index is 12.7. The van der Waals surface area contributed by atoms with Gasteiger partial charge in [-0.1, -0.05) is 13.8 Å². The molecule has 2 fully saturated rings. The molecule has 0 aromatic rings. The number of piperidine rings is 2. The number of nitrogens with one attached hydrogen (secondary N) is 1. The molecule has 5 heteroatoms. The number of hydrogen-bond donors (Lipinski definition) is 2. The third-order valence-corrected chi connectivity index (χ3v) is 4.67. The van der Waals surface area contributed by atoms with Crippen LogP contribution in [0.25, 0.3) is 0 Å². The van der Waals surface area contributed by atoms with E-state index in [1.165, 1.54) is 0 Å². The van der Waals surface area contributed by atoms with Gasteiger partial charge in [0.2, 0.25) is 5.91 Å². The van der Waals surface area contributed by atoms with Crippen LogP contribution in [0.15, 0.2) is 0 Å². The lowest BCUT2D eigenvalue weighted by Crippen LogP contribution is -2.58. The molecule has 0 bridgehead atoms. The van der Waals surface area contributed by atoms with E-state index in [4.69, 9.17) is 5.11 Å². The van der Waals surface area contributed by atoms with E-state index in [9.17, 15) is 9.59 Å². The highest BCUT2D eigenvalue weighted by atomic mass is 16.4. The molecule has 2 N–H and O–H groups in total. The molecule has 0 radical (unpaired) electrons. The van der Waals surface area contributed by atoms with Gasteiger partial charge in [0.15, 0.2) is 0 Å². The zero-order chi connectivity index (χ0) is 14.8. The average Bonchev–Trinajstić information content (AvgIpc) is 2.37. The first kappa shape index (κ1) is 15.3. The summed E-state index contributed by atoms with van der Waals surface area (Å²) in [5.74, 6) is -0.498. The fraction of sp³-hybridized carbons (Fsp3) is 0.867. The number of nitrogens with zero attached hydrogens (tertiary/aromatic N) is 1. The second kappa shape index (κ2) is 6.12. The number of amides is 1. The topological polar surface area (TPSA) is 69.6 Å². The second-order valence-corrected chi connectivity index (χ2v) is 6.87. The van der Waals surface area contributed by atoms with Gasteiger partial charge in [-0.3, -0.25) is 9.59 Å². The van der Waals surface area contributed by atoms with Crippen LogP contribution in [0.1, 0.15) is 46.0 Å². The van der Waals surface area contributed by atoms with Gasteiger partial charge < -0.3 is 15.3 Å². The predicted octanol–water partition coefficient (Wildman–Crippen LogP) is 1.48. The number of carbonyl (C=O) groups is 2. The molecule has 2 aliphatic rings. The lowest BCUT2D eigenvalue weighted by atomic mass is 9.76. The van der Waals surface area contributed by atoms with Crippen LogP contribution in [0.4, 0.5) is 0 Å². The highest BCUT2D eigenvalue weighted by Gasteiger charge is 2.40. The number of carboxylic acids is 1. The maximum absolute atomic E-state index is 12.7. The Hall–Kier alpha value is -1.10. The number of likely N-dealkylation sites (tertiary alicyclic amines) is 1. The zero-order valence-electron chi connectivity index (χ0n) is 12.5. The van der Waals surface area contributed by atoms with Crippen LogP contribution in [0, 0.1) is 11.3 Å². The van der Waals surface area contributed by atoms with Gasteiger partial charge in [-0.2, -0.15) is 0 Å². The van der Waals surface area contributed by atoms with Crippen LogP contribution in [0.3, 0.4) is 0 Å². The molecule has 5 nitrogen and oxygen atoms in total. The summed E-state index contributed by atoms with van der Waals surface area (Å²) in [5, 5.41) is 12.3. The Labute approximate surface area is 120 Å². The molecule has 2 heterocycles. The fourth-order valence-corrected chi connectivity index (χ4v) is 3.49. The van der Waals surface area contributed by atoms with E-state index < -0.39 is 5.97 Å². The van der Waals surface area contributed by atoms with E-state index in [1.807, 2.05) is 4.90 Å². The highest BCUT2D eigenvalue weighted by molar-refractivity contribution is 5.83. The van der Waals surface area contributed by atoms with Gasteiger partial charge in [0.25, 0.3) is 0 Å². The standard InChI is InChI=1S/C15H26N2O3/c1-15(2)6-4-7-16-13(15)14(20)17-8-3-5-11(10-17)9-12(18)19/h11,13,16H,3-10H2,1-2H3,(H,18,19). The van der Waals surface area contributed by atoms with Crippen molar-refractivity contribution in [3.8, 4) is 0 Å². The van der Waals surface area contributed by atoms with Crippen molar-refractivity contribution in [2.24, 2.45) is 11.3 Å². The number of rotatable bonds is 3. The van der Waals surface area contributed by atoms with Crippen LogP contribution in [-0.4, -0.2) is 47.6 Å². The van der Waals surface area contributed by atoms with Gasteiger partial charge in [0.1, 0.15) is 0 Å². The van der Waals surface area contributed by atoms with E-state index in [0.29, 0.717) is 6.54 Å². The summed E-state index contributed by atoms with van der Waals surface area (Å²) in [6.07, 6.45) is 4.17. The third-order valence-electron chi connectivity index (χ3n) is 4.67. The van der Waals surface area contributed by atoms with Crippen LogP contribution in [0.2, 0.25) is 0 Å². The van der Waals surface area contributed by atoms with Gasteiger partial charge in [0.05, 0.1) is 6.04 Å². The van der Waals surface area contributed by atoms with E-state index in [2.05, 4.69) is 19.2 Å². The SMILES string of the molecule is CC1(C)CCCNC1C(=O)N1CCCC(CC(=O)O)C1. The van der Waals surface area contributed by atoms with Crippen LogP contribution >= 0.6 is 0 Å². The lowest BCUT2D eigenvalue weighted by Gasteiger charge is -2.42. The maximum Gasteiger partial charge on any atom is 0.303 e. The van der Waals surface area contributed by atoms with Crippen molar-refractivity contribution < 1.29 is 14.7 Å². The summed E-state index contributed by atoms with van der Waals surface area (Å²) < 4.78 is 0. The first-order valence-electron chi connectivity index (χ1n) is 7.64. The van der Waals surface area contributed by atoms with Crippen molar-refractivity contribution >= 4 is 11.9 Å². The van der Waals surface area contributed by atoms with Crippen molar-refractivity contribution in [3.05, 3.63) is 0 Å². The highest BCUT2D eigenvalue weighted by Crippen LogP contribution is 2.32. The lowest BCUT2D eigenvalue weighted by molar-refractivity contribution is -0.143. The van der Waals surface area contributed by atoms with Gasteiger partial charge in [-0.05, 0) is 43.6 Å². The Balaban J connectivity index is 1.99. The molecule has 0 aromatic heterocycles. The summed E-state index contributed by atoms with van der Waals surface area (Å²) in [4.78, 5) is 25.4. The molecule has 114 valence electrons. The minimum atomic E-state index is -0.763. The van der Waals surface area contributed by atoms with Crippen molar-refractivity contribution in [2.45, 2.75) is 52.0 Å². The van der Waals surface area contributed by atoms with Crippen molar-refractivity contribution in [3.63, 3.8) is 0 Å². The Morgan fingerprint density at radius 3 is 2.75 bits per heavy atom. The van der Waals surface area contributed by atoms with Crippen LogP contribution in [0.5, 0.6) is 0 Å². The predicted molar refractivity (Wildman–Crippen MR) is 76.4 cm³/mol. The first-order chi connectivity index (χ1) is 9.40. The van der Waals surface area contributed by atoms with E-state index in [-0.39, 0.29) is 29.7 Å². The number of carboxylic acid groups (broad SMARTS) is 1. The smallest absolute Gasteiger partial charge is 0.303 e. The molecule has 2 unspecified atom stereocenters. The minimum absolute atomic E-state index is 0.0188. The van der Waals surface area contributed by atoms with E-state index in [1.54, 1.807) is 0 Å².